The number of anilines is 1. The Bertz CT molecular complexity index is 662. The number of thiazole rings is 1. The number of ether oxygens (including phenoxy) is 1. The highest BCUT2D eigenvalue weighted by atomic mass is 32.1. The van der Waals surface area contributed by atoms with Gasteiger partial charge in [-0.05, 0) is 44.0 Å². The van der Waals surface area contributed by atoms with Crippen LogP contribution in [0.5, 0.6) is 5.75 Å². The van der Waals surface area contributed by atoms with E-state index in [1.807, 2.05) is 25.1 Å². The van der Waals surface area contributed by atoms with E-state index >= 15 is 0 Å². The van der Waals surface area contributed by atoms with Crippen LogP contribution in [0.3, 0.4) is 0 Å². The van der Waals surface area contributed by atoms with Crippen LogP contribution in [-0.2, 0) is 4.79 Å². The average molecular weight is 305 g/mol. The minimum Gasteiger partial charge on any atom is -0.497 e. The van der Waals surface area contributed by atoms with E-state index in [9.17, 15) is 4.79 Å². The molecule has 0 bridgehead atoms. The molecule has 1 amide bonds. The summed E-state index contributed by atoms with van der Waals surface area (Å²) < 4.78 is 6.22. The van der Waals surface area contributed by atoms with E-state index in [1.165, 1.54) is 11.3 Å². The maximum absolute atomic E-state index is 12.5. The fraction of sp³-hybridized carbons (Fsp3) is 0.467. The van der Waals surface area contributed by atoms with E-state index < -0.39 is 5.54 Å². The van der Waals surface area contributed by atoms with Crippen LogP contribution in [0.1, 0.15) is 26.2 Å². The van der Waals surface area contributed by atoms with Gasteiger partial charge in [-0.2, -0.15) is 0 Å². The van der Waals surface area contributed by atoms with Crippen molar-refractivity contribution in [2.45, 2.75) is 31.7 Å². The molecule has 1 aromatic heterocycles. The molecule has 1 atom stereocenters. The van der Waals surface area contributed by atoms with Crippen LogP contribution >= 0.6 is 11.3 Å². The van der Waals surface area contributed by atoms with Gasteiger partial charge in [0, 0.05) is 0 Å². The Labute approximate surface area is 127 Å². The molecule has 0 radical (unpaired) electrons. The first-order valence-electron chi connectivity index (χ1n) is 7.18. The number of aromatic nitrogens is 1. The molecule has 3 rings (SSSR count). The van der Waals surface area contributed by atoms with Crippen LogP contribution in [-0.4, -0.2) is 30.1 Å². The molecule has 1 aromatic carbocycles. The van der Waals surface area contributed by atoms with Gasteiger partial charge >= 0.3 is 0 Å². The quantitative estimate of drug-likeness (QED) is 0.912. The smallest absolute Gasteiger partial charge is 0.246 e. The van der Waals surface area contributed by atoms with Gasteiger partial charge < -0.3 is 15.4 Å². The first-order chi connectivity index (χ1) is 10.2. The molecule has 0 aliphatic carbocycles. The molecule has 1 aliphatic rings. The maximum atomic E-state index is 12.5. The summed E-state index contributed by atoms with van der Waals surface area (Å²) in [6.45, 7) is 2.94. The topological polar surface area (TPSA) is 63.2 Å². The van der Waals surface area contributed by atoms with Gasteiger partial charge in [-0.3, -0.25) is 4.79 Å². The van der Waals surface area contributed by atoms with Crippen molar-refractivity contribution in [3.8, 4) is 5.75 Å². The lowest BCUT2D eigenvalue weighted by atomic mass is 9.93. The lowest BCUT2D eigenvalue weighted by Gasteiger charge is -2.25. The van der Waals surface area contributed by atoms with Crippen molar-refractivity contribution < 1.29 is 9.53 Å². The third-order valence-electron chi connectivity index (χ3n) is 4.10. The third-order valence-corrected chi connectivity index (χ3v) is 5.03. The van der Waals surface area contributed by atoms with Crippen molar-refractivity contribution in [2.24, 2.45) is 0 Å². The second kappa shape index (κ2) is 5.61. The number of methoxy groups -OCH3 is 1. The Hall–Kier alpha value is -1.66. The van der Waals surface area contributed by atoms with Gasteiger partial charge in [0.15, 0.2) is 5.13 Å². The van der Waals surface area contributed by atoms with Gasteiger partial charge in [-0.15, -0.1) is 0 Å². The number of nitrogens with one attached hydrogen (secondary N) is 2. The number of hydrogen-bond donors (Lipinski definition) is 2. The summed E-state index contributed by atoms with van der Waals surface area (Å²) in [4.78, 5) is 17.0. The fourth-order valence-corrected chi connectivity index (χ4v) is 3.65. The van der Waals surface area contributed by atoms with E-state index in [2.05, 4.69) is 15.6 Å². The minimum atomic E-state index is -0.435. The zero-order valence-corrected chi connectivity index (χ0v) is 13.0. The van der Waals surface area contributed by atoms with E-state index in [1.54, 1.807) is 7.11 Å². The molecule has 1 unspecified atom stereocenters. The number of rotatable bonds is 4. The first-order valence-corrected chi connectivity index (χ1v) is 7.99. The van der Waals surface area contributed by atoms with Gasteiger partial charge in [0.05, 0.1) is 22.9 Å². The highest BCUT2D eigenvalue weighted by molar-refractivity contribution is 7.22. The Balaban J connectivity index is 1.82. The highest BCUT2D eigenvalue weighted by Crippen LogP contribution is 2.31. The fourth-order valence-electron chi connectivity index (χ4n) is 2.76. The molecule has 5 nitrogen and oxygen atoms in total. The summed E-state index contributed by atoms with van der Waals surface area (Å²) in [6, 6.07) is 5.72. The highest BCUT2D eigenvalue weighted by Gasteiger charge is 2.39. The molecule has 21 heavy (non-hydrogen) atoms. The molecule has 0 spiro atoms. The summed E-state index contributed by atoms with van der Waals surface area (Å²) in [6.07, 6.45) is 2.71. The lowest BCUT2D eigenvalue weighted by molar-refractivity contribution is -0.122. The normalized spacial score (nSPS) is 21.6. The van der Waals surface area contributed by atoms with E-state index in [-0.39, 0.29) is 5.91 Å². The number of hydrogen-bond acceptors (Lipinski definition) is 5. The van der Waals surface area contributed by atoms with Crippen molar-refractivity contribution in [1.82, 2.24) is 10.3 Å². The van der Waals surface area contributed by atoms with Crippen LogP contribution in [0.15, 0.2) is 18.2 Å². The van der Waals surface area contributed by atoms with Gasteiger partial charge in [-0.1, -0.05) is 18.3 Å². The van der Waals surface area contributed by atoms with Gasteiger partial charge in [0.2, 0.25) is 5.91 Å². The van der Waals surface area contributed by atoms with Crippen molar-refractivity contribution in [3.63, 3.8) is 0 Å². The van der Waals surface area contributed by atoms with Gasteiger partial charge in [0.1, 0.15) is 5.75 Å². The van der Waals surface area contributed by atoms with E-state index in [0.717, 1.165) is 41.8 Å². The Morgan fingerprint density at radius 1 is 1.57 bits per heavy atom. The molecule has 1 saturated heterocycles. The number of fused-ring (bicyclic) bond motifs is 1. The lowest BCUT2D eigenvalue weighted by Crippen LogP contribution is -2.50. The van der Waals surface area contributed by atoms with Gasteiger partial charge in [-0.25, -0.2) is 4.98 Å². The largest absolute Gasteiger partial charge is 0.497 e. The van der Waals surface area contributed by atoms with Crippen molar-refractivity contribution in [1.29, 1.82) is 0 Å². The summed E-state index contributed by atoms with van der Waals surface area (Å²) in [5.74, 6) is 0.819. The van der Waals surface area contributed by atoms with Crippen molar-refractivity contribution in [2.75, 3.05) is 19.0 Å². The molecular formula is C15H19N3O2S. The molecule has 2 N–H and O–H groups in total. The standard InChI is InChI=1S/C15H19N3O2S/c1-3-15(7-4-8-16-15)13(19)18-14-17-11-6-5-10(20-2)9-12(11)21-14/h5-6,9,16H,3-4,7-8H2,1-2H3,(H,17,18,19). The van der Waals surface area contributed by atoms with Crippen LogP contribution in [0.25, 0.3) is 10.2 Å². The van der Waals surface area contributed by atoms with Crippen LogP contribution in [0.4, 0.5) is 5.13 Å². The molecular weight excluding hydrogens is 286 g/mol. The molecule has 2 aromatic rings. The molecule has 2 heterocycles. The SMILES string of the molecule is CCC1(C(=O)Nc2nc3ccc(OC)cc3s2)CCCN1. The second-order valence-corrected chi connectivity index (χ2v) is 6.30. The Morgan fingerprint density at radius 3 is 3.10 bits per heavy atom. The third kappa shape index (κ3) is 2.61. The number of nitrogens with zero attached hydrogens (tertiary/aromatic N) is 1. The zero-order valence-electron chi connectivity index (χ0n) is 12.2. The van der Waals surface area contributed by atoms with Crippen molar-refractivity contribution >= 4 is 32.6 Å². The Morgan fingerprint density at radius 2 is 2.43 bits per heavy atom. The van der Waals surface area contributed by atoms with Crippen LogP contribution in [0.2, 0.25) is 0 Å². The number of amides is 1. The minimum absolute atomic E-state index is 0.0218. The molecule has 1 aliphatic heterocycles. The summed E-state index contributed by atoms with van der Waals surface area (Å²) in [5.41, 5.74) is 0.441. The summed E-state index contributed by atoms with van der Waals surface area (Å²) in [5, 5.41) is 6.95. The van der Waals surface area contributed by atoms with E-state index in [4.69, 9.17) is 4.74 Å². The monoisotopic (exact) mass is 305 g/mol. The molecule has 6 heteroatoms. The predicted octanol–water partition coefficient (Wildman–Crippen LogP) is 2.78. The number of benzene rings is 1. The van der Waals surface area contributed by atoms with Crippen molar-refractivity contribution in [3.05, 3.63) is 18.2 Å². The number of carbonyl (C=O) groups is 1. The van der Waals surface area contributed by atoms with Crippen LogP contribution in [0, 0.1) is 0 Å². The maximum Gasteiger partial charge on any atom is 0.246 e. The zero-order chi connectivity index (χ0) is 14.9. The van der Waals surface area contributed by atoms with Crippen LogP contribution < -0.4 is 15.4 Å². The summed E-state index contributed by atoms with van der Waals surface area (Å²) >= 11 is 1.47. The second-order valence-electron chi connectivity index (χ2n) is 5.27. The first kappa shape index (κ1) is 14.3. The predicted molar refractivity (Wildman–Crippen MR) is 85.1 cm³/mol. The van der Waals surface area contributed by atoms with Gasteiger partial charge in [0.25, 0.3) is 0 Å². The van der Waals surface area contributed by atoms with E-state index in [0.29, 0.717) is 5.13 Å². The molecule has 112 valence electrons. The summed E-state index contributed by atoms with van der Waals surface area (Å²) in [7, 11) is 1.64. The number of carbonyl (C=O) groups excluding carboxylic acids is 1. The molecule has 1 fully saturated rings. The average Bonchev–Trinajstić information content (AvgIpc) is 3.13. The molecule has 0 saturated carbocycles. The Kier molecular flexibility index (Phi) is 3.82.